The molecule has 1 atom stereocenters. The minimum absolute atomic E-state index is 0.0513. The van der Waals surface area contributed by atoms with Crippen LogP contribution in [0, 0.1) is 0 Å². The fraction of sp³-hybridized carbons (Fsp3) is 1.00. The van der Waals surface area contributed by atoms with Crippen molar-refractivity contribution in [1.29, 1.82) is 0 Å². The van der Waals surface area contributed by atoms with Crippen LogP contribution >= 0.6 is 0 Å². The molecule has 0 aliphatic carbocycles. The van der Waals surface area contributed by atoms with Crippen molar-refractivity contribution in [3.05, 3.63) is 0 Å². The molecule has 1 N–H and O–H groups in total. The summed E-state index contributed by atoms with van der Waals surface area (Å²) in [6, 6.07) is 0. The van der Waals surface area contributed by atoms with E-state index in [2.05, 4.69) is 5.32 Å². The second kappa shape index (κ2) is 7.20. The van der Waals surface area contributed by atoms with Gasteiger partial charge in [-0.2, -0.15) is 13.2 Å². The van der Waals surface area contributed by atoms with Gasteiger partial charge in [0, 0.05) is 6.54 Å². The lowest BCUT2D eigenvalue weighted by atomic mass is 10.3. The van der Waals surface area contributed by atoms with E-state index in [1.807, 2.05) is 6.92 Å². The number of unbranched alkanes of at least 4 members (excludes halogenated alkanes) is 2. The van der Waals surface area contributed by atoms with Crippen molar-refractivity contribution >= 4 is 9.84 Å². The molecule has 0 aromatic carbocycles. The molecule has 0 saturated heterocycles. The summed E-state index contributed by atoms with van der Waals surface area (Å²) in [5, 5.41) is 1.34. The van der Waals surface area contributed by atoms with Crippen LogP contribution < -0.4 is 5.32 Å². The lowest BCUT2D eigenvalue weighted by Gasteiger charge is -2.14. The van der Waals surface area contributed by atoms with Crippen molar-refractivity contribution in [2.24, 2.45) is 0 Å². The first-order valence-electron chi connectivity index (χ1n) is 5.68. The molecule has 1 unspecified atom stereocenters. The van der Waals surface area contributed by atoms with Crippen molar-refractivity contribution in [2.75, 3.05) is 18.8 Å². The summed E-state index contributed by atoms with van der Waals surface area (Å²) in [5.74, 6) is 0.0513. The number of nitrogens with one attached hydrogen (secondary N) is 1. The molecule has 0 fully saturated rings. The van der Waals surface area contributed by atoms with Crippen LogP contribution in [0.25, 0.3) is 0 Å². The van der Waals surface area contributed by atoms with Gasteiger partial charge in [-0.25, -0.2) is 8.42 Å². The van der Waals surface area contributed by atoms with E-state index < -0.39 is 27.8 Å². The van der Waals surface area contributed by atoms with Gasteiger partial charge in [0.2, 0.25) is 0 Å². The average Bonchev–Trinajstić information content (AvgIpc) is 2.15. The van der Waals surface area contributed by atoms with Gasteiger partial charge in [0.25, 0.3) is 0 Å². The third-order valence-electron chi connectivity index (χ3n) is 2.40. The Morgan fingerprint density at radius 1 is 1.24 bits per heavy atom. The van der Waals surface area contributed by atoms with Crippen molar-refractivity contribution < 1.29 is 21.6 Å². The molecule has 0 amide bonds. The quantitative estimate of drug-likeness (QED) is 0.690. The summed E-state index contributed by atoms with van der Waals surface area (Å²) in [7, 11) is -3.28. The highest BCUT2D eigenvalue weighted by Crippen LogP contribution is 2.12. The summed E-state index contributed by atoms with van der Waals surface area (Å²) in [5.41, 5.74) is 0. The average molecular weight is 275 g/mol. The first-order chi connectivity index (χ1) is 7.69. The second-order valence-corrected chi connectivity index (χ2v) is 6.67. The van der Waals surface area contributed by atoms with Crippen LogP contribution in [0.2, 0.25) is 0 Å². The maximum atomic E-state index is 11.8. The number of rotatable bonds is 8. The summed E-state index contributed by atoms with van der Waals surface area (Å²) in [4.78, 5) is 0. The zero-order valence-electron chi connectivity index (χ0n) is 10.2. The van der Waals surface area contributed by atoms with Crippen LogP contribution in [0.4, 0.5) is 13.2 Å². The predicted molar refractivity (Wildman–Crippen MR) is 61.7 cm³/mol. The molecular formula is C10H20F3NO2S. The first-order valence-corrected chi connectivity index (χ1v) is 7.39. The van der Waals surface area contributed by atoms with Crippen molar-refractivity contribution in [1.82, 2.24) is 5.32 Å². The molecule has 0 aliphatic rings. The summed E-state index contributed by atoms with van der Waals surface area (Å²) in [6.07, 6.45) is -1.99. The Labute approximate surface area is 101 Å². The van der Waals surface area contributed by atoms with Gasteiger partial charge in [0.15, 0.2) is 9.84 Å². The van der Waals surface area contributed by atoms with Crippen LogP contribution in [0.15, 0.2) is 0 Å². The molecule has 7 heteroatoms. The Kier molecular flexibility index (Phi) is 7.08. The van der Waals surface area contributed by atoms with Gasteiger partial charge in [0.05, 0.1) is 17.5 Å². The fourth-order valence-electron chi connectivity index (χ4n) is 1.30. The Bertz CT molecular complexity index is 301. The van der Waals surface area contributed by atoms with Gasteiger partial charge >= 0.3 is 6.18 Å². The van der Waals surface area contributed by atoms with Crippen LogP contribution in [-0.2, 0) is 9.84 Å². The van der Waals surface area contributed by atoms with Crippen molar-refractivity contribution in [3.8, 4) is 0 Å². The molecule has 0 aromatic rings. The van der Waals surface area contributed by atoms with Gasteiger partial charge < -0.3 is 5.32 Å². The van der Waals surface area contributed by atoms with Gasteiger partial charge in [-0.1, -0.05) is 19.8 Å². The second-order valence-electron chi connectivity index (χ2n) is 4.13. The third kappa shape index (κ3) is 8.43. The zero-order valence-corrected chi connectivity index (χ0v) is 11.0. The predicted octanol–water partition coefficient (Wildman–Crippen LogP) is 2.13. The standard InChI is InChI=1S/C10H20F3NO2S/c1-3-4-5-6-17(15,16)9(2)7-14-8-10(11,12)13/h9,14H,3-8H2,1-2H3. The molecular weight excluding hydrogens is 255 g/mol. The summed E-state index contributed by atoms with van der Waals surface area (Å²) in [6.45, 7) is 2.08. The number of hydrogen-bond acceptors (Lipinski definition) is 3. The van der Waals surface area contributed by atoms with Gasteiger partial charge in [-0.15, -0.1) is 0 Å². The molecule has 3 nitrogen and oxygen atoms in total. The molecule has 0 aromatic heterocycles. The molecule has 17 heavy (non-hydrogen) atoms. The maximum Gasteiger partial charge on any atom is 0.401 e. The highest BCUT2D eigenvalue weighted by molar-refractivity contribution is 7.92. The van der Waals surface area contributed by atoms with E-state index in [1.165, 1.54) is 6.92 Å². The van der Waals surface area contributed by atoms with Crippen LogP contribution in [0.5, 0.6) is 0 Å². The van der Waals surface area contributed by atoms with E-state index in [4.69, 9.17) is 0 Å². The molecule has 0 bridgehead atoms. The Morgan fingerprint density at radius 3 is 2.29 bits per heavy atom. The van der Waals surface area contributed by atoms with Gasteiger partial charge in [-0.05, 0) is 13.3 Å². The largest absolute Gasteiger partial charge is 0.401 e. The number of hydrogen-bond donors (Lipinski definition) is 1. The highest BCUT2D eigenvalue weighted by Gasteiger charge is 2.28. The SMILES string of the molecule is CCCCCS(=O)(=O)C(C)CNCC(F)(F)F. The Balaban J connectivity index is 3.99. The van der Waals surface area contributed by atoms with Crippen LogP contribution in [-0.4, -0.2) is 38.7 Å². The molecule has 0 spiro atoms. The van der Waals surface area contributed by atoms with E-state index in [9.17, 15) is 21.6 Å². The lowest BCUT2D eigenvalue weighted by Crippen LogP contribution is -2.37. The van der Waals surface area contributed by atoms with Gasteiger partial charge in [0.1, 0.15) is 0 Å². The number of halogens is 3. The van der Waals surface area contributed by atoms with E-state index >= 15 is 0 Å². The van der Waals surface area contributed by atoms with Crippen molar-refractivity contribution in [3.63, 3.8) is 0 Å². The minimum Gasteiger partial charge on any atom is -0.307 e. The molecule has 0 radical (unpaired) electrons. The van der Waals surface area contributed by atoms with E-state index in [1.54, 1.807) is 0 Å². The van der Waals surface area contributed by atoms with E-state index in [0.29, 0.717) is 6.42 Å². The smallest absolute Gasteiger partial charge is 0.307 e. The Hall–Kier alpha value is -0.300. The van der Waals surface area contributed by atoms with Crippen LogP contribution in [0.1, 0.15) is 33.1 Å². The minimum atomic E-state index is -4.30. The fourth-order valence-corrected chi connectivity index (χ4v) is 2.68. The molecule has 0 aliphatic heterocycles. The number of sulfone groups is 1. The maximum absolute atomic E-state index is 11.8. The molecule has 0 saturated carbocycles. The lowest BCUT2D eigenvalue weighted by molar-refractivity contribution is -0.124. The topological polar surface area (TPSA) is 46.2 Å². The monoisotopic (exact) mass is 275 g/mol. The Morgan fingerprint density at radius 2 is 1.82 bits per heavy atom. The number of alkyl halides is 3. The molecule has 0 heterocycles. The van der Waals surface area contributed by atoms with Crippen LogP contribution in [0.3, 0.4) is 0 Å². The summed E-state index contributed by atoms with van der Waals surface area (Å²) < 4.78 is 58.8. The normalized spacial score (nSPS) is 14.9. The van der Waals surface area contributed by atoms with E-state index in [0.717, 1.165) is 12.8 Å². The molecule has 0 rings (SSSR count). The molecule has 104 valence electrons. The van der Waals surface area contributed by atoms with E-state index in [-0.39, 0.29) is 12.3 Å². The highest BCUT2D eigenvalue weighted by atomic mass is 32.2. The first kappa shape index (κ1) is 16.7. The van der Waals surface area contributed by atoms with Gasteiger partial charge in [-0.3, -0.25) is 0 Å². The zero-order chi connectivity index (χ0) is 13.5. The van der Waals surface area contributed by atoms with Crippen molar-refractivity contribution in [2.45, 2.75) is 44.5 Å². The summed E-state index contributed by atoms with van der Waals surface area (Å²) >= 11 is 0. The third-order valence-corrected chi connectivity index (χ3v) is 4.65.